The Hall–Kier alpha value is -3.10. The van der Waals surface area contributed by atoms with Gasteiger partial charge in [0.25, 0.3) is 5.91 Å². The van der Waals surface area contributed by atoms with Gasteiger partial charge in [0.2, 0.25) is 0 Å². The molecule has 0 bridgehead atoms. The van der Waals surface area contributed by atoms with Crippen LogP contribution in [0.2, 0.25) is 0 Å². The Bertz CT molecular complexity index is 1170. The molecule has 1 amide bonds. The molecule has 3 aromatic rings. The first-order chi connectivity index (χ1) is 16.0. The lowest BCUT2D eigenvalue weighted by atomic mass is 10.1. The number of hydrogen-bond donors (Lipinski definition) is 0. The van der Waals surface area contributed by atoms with Crippen LogP contribution in [0.5, 0.6) is 5.75 Å². The van der Waals surface area contributed by atoms with Crippen LogP contribution in [0.15, 0.2) is 76.2 Å². The summed E-state index contributed by atoms with van der Waals surface area (Å²) in [4.78, 5) is 17.4. The fourth-order valence-corrected chi connectivity index (χ4v) is 5.33. The summed E-state index contributed by atoms with van der Waals surface area (Å²) in [5.74, 6) is 0.435. The highest BCUT2D eigenvalue weighted by Gasteiger charge is 2.28. The number of carbonyl (C=O) groups is 1. The molecule has 1 fully saturated rings. The lowest BCUT2D eigenvalue weighted by molar-refractivity contribution is 0.0606. The minimum absolute atomic E-state index is 0.112. The van der Waals surface area contributed by atoms with Crippen molar-refractivity contribution in [2.75, 3.05) is 39.8 Å². The molecule has 0 unspecified atom stereocenters. The van der Waals surface area contributed by atoms with Gasteiger partial charge < -0.3 is 14.1 Å². The summed E-state index contributed by atoms with van der Waals surface area (Å²) >= 11 is 0. The van der Waals surface area contributed by atoms with E-state index in [0.29, 0.717) is 18.7 Å². The Morgan fingerprint density at radius 2 is 1.67 bits per heavy atom. The average molecular weight is 469 g/mol. The van der Waals surface area contributed by atoms with Crippen LogP contribution in [0.1, 0.15) is 21.7 Å². The number of methoxy groups -OCH3 is 1. The first-order valence-electron chi connectivity index (χ1n) is 10.9. The molecule has 1 saturated heterocycles. The zero-order valence-corrected chi connectivity index (χ0v) is 19.5. The van der Waals surface area contributed by atoms with E-state index < -0.39 is 9.84 Å². The molecular weight excluding hydrogens is 440 g/mol. The van der Waals surface area contributed by atoms with Gasteiger partial charge in [0.05, 0.1) is 24.0 Å². The van der Waals surface area contributed by atoms with Gasteiger partial charge in [-0.25, -0.2) is 8.42 Å². The molecule has 1 aromatic heterocycles. The molecule has 2 aromatic carbocycles. The highest BCUT2D eigenvalue weighted by atomic mass is 32.2. The summed E-state index contributed by atoms with van der Waals surface area (Å²) in [6.45, 7) is 3.59. The second-order valence-electron chi connectivity index (χ2n) is 8.08. The van der Waals surface area contributed by atoms with Crippen LogP contribution in [0, 0.1) is 0 Å². The molecule has 0 saturated carbocycles. The van der Waals surface area contributed by atoms with Crippen molar-refractivity contribution in [3.8, 4) is 5.75 Å². The van der Waals surface area contributed by atoms with Gasteiger partial charge in [0.1, 0.15) is 5.75 Å². The highest BCUT2D eigenvalue weighted by Crippen LogP contribution is 2.22. The van der Waals surface area contributed by atoms with E-state index in [9.17, 15) is 13.2 Å². The lowest BCUT2D eigenvalue weighted by Gasteiger charge is -2.34. The first kappa shape index (κ1) is 23.1. The maximum Gasteiger partial charge on any atom is 0.289 e. The number of ether oxygens (including phenoxy) is 1. The van der Waals surface area contributed by atoms with Crippen LogP contribution < -0.4 is 4.74 Å². The Morgan fingerprint density at radius 3 is 2.33 bits per heavy atom. The Balaban J connectivity index is 1.32. The quantitative estimate of drug-likeness (QED) is 0.505. The number of piperazine rings is 1. The Morgan fingerprint density at radius 1 is 0.970 bits per heavy atom. The van der Waals surface area contributed by atoms with Crippen molar-refractivity contribution in [1.29, 1.82) is 0 Å². The van der Waals surface area contributed by atoms with Crippen LogP contribution >= 0.6 is 0 Å². The summed E-state index contributed by atoms with van der Waals surface area (Å²) in [5, 5.41) is 0. The second-order valence-corrected chi connectivity index (χ2v) is 10.1. The van der Waals surface area contributed by atoms with Gasteiger partial charge in [-0.1, -0.05) is 30.3 Å². The first-order valence-corrected chi connectivity index (χ1v) is 12.6. The van der Waals surface area contributed by atoms with Gasteiger partial charge in [0.15, 0.2) is 15.6 Å². The maximum atomic E-state index is 13.1. The summed E-state index contributed by atoms with van der Waals surface area (Å²) in [6, 6.07) is 17.9. The van der Waals surface area contributed by atoms with Crippen molar-refractivity contribution < 1.29 is 22.4 Å². The van der Waals surface area contributed by atoms with Gasteiger partial charge in [-0.15, -0.1) is 0 Å². The number of sulfone groups is 1. The van der Waals surface area contributed by atoms with E-state index in [1.807, 2.05) is 12.1 Å². The molecule has 8 heteroatoms. The summed E-state index contributed by atoms with van der Waals surface area (Å²) < 4.78 is 36.1. The number of furan rings is 1. The third-order valence-electron chi connectivity index (χ3n) is 5.92. The molecule has 1 aliphatic rings. The smallest absolute Gasteiger partial charge is 0.289 e. The topological polar surface area (TPSA) is 80.1 Å². The fraction of sp³-hybridized carbons (Fsp3) is 0.320. The number of carbonyl (C=O) groups excluding carboxylic acids is 1. The molecule has 7 nitrogen and oxygen atoms in total. The minimum Gasteiger partial charge on any atom is -0.497 e. The highest BCUT2D eigenvalue weighted by molar-refractivity contribution is 7.90. The van der Waals surface area contributed by atoms with Crippen LogP contribution in [-0.2, 0) is 22.0 Å². The zero-order valence-electron chi connectivity index (χ0n) is 18.6. The van der Waals surface area contributed by atoms with Gasteiger partial charge >= 0.3 is 0 Å². The maximum absolute atomic E-state index is 13.1. The second kappa shape index (κ2) is 10.2. The van der Waals surface area contributed by atoms with Gasteiger partial charge in [-0.05, 0) is 42.3 Å². The number of nitrogens with zero attached hydrogens (tertiary/aromatic N) is 2. The van der Waals surface area contributed by atoms with Gasteiger partial charge in [0, 0.05) is 38.3 Å². The van der Waals surface area contributed by atoms with E-state index in [1.165, 1.54) is 11.8 Å². The van der Waals surface area contributed by atoms with Crippen LogP contribution in [0.25, 0.3) is 0 Å². The molecule has 0 aliphatic carbocycles. The minimum atomic E-state index is -3.56. The summed E-state index contributed by atoms with van der Waals surface area (Å²) in [6.07, 6.45) is 2.31. The van der Waals surface area contributed by atoms with Gasteiger partial charge in [-0.3, -0.25) is 9.69 Å². The van der Waals surface area contributed by atoms with Crippen molar-refractivity contribution in [1.82, 2.24) is 9.80 Å². The van der Waals surface area contributed by atoms with Crippen LogP contribution in [0.4, 0.5) is 0 Å². The van der Waals surface area contributed by atoms with E-state index in [1.54, 1.807) is 48.4 Å². The Kier molecular flexibility index (Phi) is 7.15. The number of hydrogen-bond acceptors (Lipinski definition) is 6. The Labute approximate surface area is 194 Å². The number of rotatable bonds is 8. The fourth-order valence-electron chi connectivity index (χ4n) is 3.95. The van der Waals surface area contributed by atoms with Crippen molar-refractivity contribution in [2.45, 2.75) is 17.1 Å². The van der Waals surface area contributed by atoms with Crippen molar-refractivity contribution in [2.24, 2.45) is 0 Å². The molecule has 0 radical (unpaired) electrons. The van der Waals surface area contributed by atoms with E-state index in [-0.39, 0.29) is 22.3 Å². The average Bonchev–Trinajstić information content (AvgIpc) is 3.31. The monoisotopic (exact) mass is 468 g/mol. The zero-order chi connectivity index (χ0) is 23.3. The summed E-state index contributed by atoms with van der Waals surface area (Å²) in [7, 11) is -1.91. The lowest BCUT2D eigenvalue weighted by Crippen LogP contribution is -2.49. The van der Waals surface area contributed by atoms with Crippen LogP contribution in [0.3, 0.4) is 0 Å². The molecule has 0 atom stereocenters. The summed E-state index contributed by atoms with van der Waals surface area (Å²) in [5.41, 5.74) is 1.64. The third kappa shape index (κ3) is 5.64. The van der Waals surface area contributed by atoms with Gasteiger partial charge in [-0.2, -0.15) is 0 Å². The molecule has 0 spiro atoms. The number of amides is 1. The van der Waals surface area contributed by atoms with Crippen LogP contribution in [-0.4, -0.2) is 64.0 Å². The predicted molar refractivity (Wildman–Crippen MR) is 125 cm³/mol. The SMILES string of the molecule is COc1ccc(CCN2CCN(C(=O)c3occc3CS(=O)(=O)c3ccccc3)CC2)cc1. The largest absolute Gasteiger partial charge is 0.497 e. The molecule has 0 N–H and O–H groups in total. The molecular formula is C25H28N2O5S. The molecule has 174 valence electrons. The normalized spacial score (nSPS) is 14.9. The molecule has 1 aliphatic heterocycles. The van der Waals surface area contributed by atoms with E-state index in [0.717, 1.165) is 31.8 Å². The molecule has 4 rings (SSSR count). The van der Waals surface area contributed by atoms with Crippen molar-refractivity contribution >= 4 is 15.7 Å². The molecule has 2 heterocycles. The van der Waals surface area contributed by atoms with Crippen molar-refractivity contribution in [3.05, 3.63) is 83.8 Å². The standard InChI is InChI=1S/C25H28N2O5S/c1-31-22-9-7-20(8-10-22)11-13-26-14-16-27(17-15-26)25(28)24-21(12-18-32-24)19-33(29,30)23-5-3-2-4-6-23/h2-10,12,18H,11,13-17,19H2,1H3. The van der Waals surface area contributed by atoms with Crippen molar-refractivity contribution in [3.63, 3.8) is 0 Å². The predicted octanol–water partition coefficient (Wildman–Crippen LogP) is 3.26. The van der Waals surface area contributed by atoms with E-state index in [4.69, 9.17) is 9.15 Å². The molecule has 33 heavy (non-hydrogen) atoms. The third-order valence-corrected chi connectivity index (χ3v) is 7.61. The van der Waals surface area contributed by atoms with E-state index in [2.05, 4.69) is 17.0 Å². The van der Waals surface area contributed by atoms with E-state index >= 15 is 0 Å². The number of benzene rings is 2.